The van der Waals surface area contributed by atoms with Crippen LogP contribution in [0.4, 0.5) is 9.52 Å². The molecular weight excluding hydrogens is 463 g/mol. The Labute approximate surface area is 205 Å². The largest absolute Gasteiger partial charge is 0.284 e. The first kappa shape index (κ1) is 22.8. The number of fused-ring (bicyclic) bond motifs is 1. The first-order valence-electron chi connectivity index (χ1n) is 11.2. The molecular formula is C26H23FN6OS. The van der Waals surface area contributed by atoms with Crippen LogP contribution in [0.25, 0.3) is 17.0 Å². The number of amides is 1. The molecule has 0 N–H and O–H groups in total. The van der Waals surface area contributed by atoms with E-state index in [-0.39, 0.29) is 11.7 Å². The zero-order valence-electron chi connectivity index (χ0n) is 19.3. The number of carbonyl (C=O) groups excluding carboxylic acids is 1. The highest BCUT2D eigenvalue weighted by Gasteiger charge is 2.21. The molecule has 3 aromatic heterocycles. The van der Waals surface area contributed by atoms with Gasteiger partial charge in [-0.2, -0.15) is 10.1 Å². The number of nitrogens with zero attached hydrogens (tertiary/aromatic N) is 6. The van der Waals surface area contributed by atoms with Crippen molar-refractivity contribution < 1.29 is 9.18 Å². The van der Waals surface area contributed by atoms with Gasteiger partial charge in [-0.05, 0) is 55.7 Å². The zero-order chi connectivity index (χ0) is 24.4. The van der Waals surface area contributed by atoms with Gasteiger partial charge in [0.05, 0.1) is 12.2 Å². The lowest BCUT2D eigenvalue weighted by Crippen LogP contribution is -2.30. The highest BCUT2D eigenvalue weighted by molar-refractivity contribution is 7.14. The van der Waals surface area contributed by atoms with E-state index in [1.54, 1.807) is 21.5 Å². The predicted molar refractivity (Wildman–Crippen MR) is 134 cm³/mol. The fourth-order valence-electron chi connectivity index (χ4n) is 4.05. The summed E-state index contributed by atoms with van der Waals surface area (Å²) in [5.74, 6) is 0.220. The average molecular weight is 487 g/mol. The van der Waals surface area contributed by atoms with Gasteiger partial charge >= 0.3 is 0 Å². The quantitative estimate of drug-likeness (QED) is 0.317. The molecule has 0 aliphatic heterocycles. The molecule has 5 rings (SSSR count). The first-order valence-corrected chi connectivity index (χ1v) is 12.1. The second-order valence-corrected chi connectivity index (χ2v) is 9.06. The van der Waals surface area contributed by atoms with Crippen LogP contribution in [0.5, 0.6) is 0 Å². The van der Waals surface area contributed by atoms with Crippen molar-refractivity contribution in [3.8, 4) is 11.3 Å². The van der Waals surface area contributed by atoms with E-state index in [9.17, 15) is 9.18 Å². The molecule has 5 aromatic rings. The lowest BCUT2D eigenvalue weighted by molar-refractivity contribution is -0.118. The number of carbonyl (C=O) groups is 1. The van der Waals surface area contributed by atoms with Crippen molar-refractivity contribution in [3.05, 3.63) is 94.6 Å². The Morgan fingerprint density at radius 3 is 2.60 bits per heavy atom. The standard InChI is InChI=1S/C26H23FN6OS/c1-17-22(18(2)33-25(30-17)28-16-29-33)12-13-24(34)32(14-19-6-4-3-5-7-19)26-31-23(15-35-26)20-8-10-21(27)11-9-20/h3-11,15-16H,12-14H2,1-2H3. The Bertz CT molecular complexity index is 1480. The number of thiazole rings is 1. The van der Waals surface area contributed by atoms with Crippen molar-refractivity contribution in [3.63, 3.8) is 0 Å². The molecule has 0 saturated heterocycles. The lowest BCUT2D eigenvalue weighted by Gasteiger charge is -2.20. The highest BCUT2D eigenvalue weighted by Crippen LogP contribution is 2.29. The van der Waals surface area contributed by atoms with Gasteiger partial charge in [-0.15, -0.1) is 11.3 Å². The van der Waals surface area contributed by atoms with Gasteiger partial charge in [0.15, 0.2) is 5.13 Å². The number of halogens is 1. The van der Waals surface area contributed by atoms with Gasteiger partial charge in [0, 0.05) is 28.8 Å². The van der Waals surface area contributed by atoms with E-state index in [1.165, 1.54) is 29.8 Å². The van der Waals surface area contributed by atoms with Crippen LogP contribution in [-0.4, -0.2) is 30.5 Å². The molecule has 0 atom stereocenters. The van der Waals surface area contributed by atoms with E-state index < -0.39 is 0 Å². The second-order valence-electron chi connectivity index (χ2n) is 8.22. The van der Waals surface area contributed by atoms with Gasteiger partial charge in [-0.25, -0.2) is 18.9 Å². The molecule has 9 heteroatoms. The van der Waals surface area contributed by atoms with Crippen LogP contribution in [0.15, 0.2) is 66.3 Å². The van der Waals surface area contributed by atoms with Gasteiger partial charge < -0.3 is 0 Å². The Kier molecular flexibility index (Phi) is 6.33. The Morgan fingerprint density at radius 1 is 1.06 bits per heavy atom. The molecule has 0 saturated carbocycles. The number of benzene rings is 2. The van der Waals surface area contributed by atoms with Gasteiger partial charge in [-0.3, -0.25) is 9.69 Å². The zero-order valence-corrected chi connectivity index (χ0v) is 20.2. The molecule has 176 valence electrons. The van der Waals surface area contributed by atoms with Crippen LogP contribution >= 0.6 is 11.3 Å². The van der Waals surface area contributed by atoms with Crippen molar-refractivity contribution in [2.75, 3.05) is 4.90 Å². The number of aryl methyl sites for hydroxylation is 2. The van der Waals surface area contributed by atoms with Crippen LogP contribution in [0, 0.1) is 19.7 Å². The van der Waals surface area contributed by atoms with Crippen molar-refractivity contribution >= 4 is 28.2 Å². The minimum Gasteiger partial charge on any atom is -0.284 e. The molecule has 0 fully saturated rings. The number of aromatic nitrogens is 5. The molecule has 0 bridgehead atoms. The van der Waals surface area contributed by atoms with E-state index in [2.05, 4.69) is 15.1 Å². The first-order chi connectivity index (χ1) is 17.0. The Morgan fingerprint density at radius 2 is 1.83 bits per heavy atom. The third-order valence-electron chi connectivity index (χ3n) is 5.93. The van der Waals surface area contributed by atoms with E-state index in [0.29, 0.717) is 36.0 Å². The topological polar surface area (TPSA) is 76.3 Å². The normalized spacial score (nSPS) is 11.2. The SMILES string of the molecule is Cc1nc2ncnn2c(C)c1CCC(=O)N(Cc1ccccc1)c1nc(-c2ccc(F)cc2)cs1. The van der Waals surface area contributed by atoms with Gasteiger partial charge in [0.25, 0.3) is 5.78 Å². The molecule has 0 aliphatic carbocycles. The summed E-state index contributed by atoms with van der Waals surface area (Å²) in [4.78, 5) is 28.7. The van der Waals surface area contributed by atoms with Crippen LogP contribution in [0.3, 0.4) is 0 Å². The van der Waals surface area contributed by atoms with Crippen LogP contribution in [0.2, 0.25) is 0 Å². The van der Waals surface area contributed by atoms with Gasteiger partial charge in [0.2, 0.25) is 5.91 Å². The maximum Gasteiger partial charge on any atom is 0.252 e. The fraction of sp³-hybridized carbons (Fsp3) is 0.192. The number of hydrogen-bond acceptors (Lipinski definition) is 6. The molecule has 3 heterocycles. The second kappa shape index (κ2) is 9.71. The smallest absolute Gasteiger partial charge is 0.252 e. The third-order valence-corrected chi connectivity index (χ3v) is 6.79. The van der Waals surface area contributed by atoms with Crippen LogP contribution in [-0.2, 0) is 17.8 Å². The summed E-state index contributed by atoms with van der Waals surface area (Å²) in [5.41, 5.74) is 5.29. The monoisotopic (exact) mass is 486 g/mol. The van der Waals surface area contributed by atoms with E-state index in [1.807, 2.05) is 49.6 Å². The summed E-state index contributed by atoms with van der Waals surface area (Å²) in [7, 11) is 0. The molecule has 2 aromatic carbocycles. The van der Waals surface area contributed by atoms with E-state index >= 15 is 0 Å². The summed E-state index contributed by atoms with van der Waals surface area (Å²) < 4.78 is 15.0. The summed E-state index contributed by atoms with van der Waals surface area (Å²) in [6.45, 7) is 4.31. The predicted octanol–water partition coefficient (Wildman–Crippen LogP) is 5.17. The molecule has 1 amide bonds. The van der Waals surface area contributed by atoms with Gasteiger partial charge in [0.1, 0.15) is 12.1 Å². The Hall–Kier alpha value is -3.98. The maximum absolute atomic E-state index is 13.5. The number of anilines is 1. The third kappa shape index (κ3) is 4.81. The Balaban J connectivity index is 1.41. The molecule has 0 aliphatic rings. The summed E-state index contributed by atoms with van der Waals surface area (Å²) in [6.07, 6.45) is 2.30. The van der Waals surface area contributed by atoms with Crippen molar-refractivity contribution in [2.24, 2.45) is 0 Å². The van der Waals surface area contributed by atoms with E-state index in [0.717, 1.165) is 28.1 Å². The summed E-state index contributed by atoms with van der Waals surface area (Å²) in [5, 5.41) is 6.74. The minimum atomic E-state index is -0.297. The number of rotatable bonds is 7. The minimum absolute atomic E-state index is 0.0358. The molecule has 7 nitrogen and oxygen atoms in total. The molecule has 0 unspecified atom stereocenters. The molecule has 0 radical (unpaired) electrons. The summed E-state index contributed by atoms with van der Waals surface area (Å²) in [6, 6.07) is 16.0. The van der Waals surface area contributed by atoms with Crippen LogP contribution < -0.4 is 4.90 Å². The van der Waals surface area contributed by atoms with Crippen molar-refractivity contribution in [2.45, 2.75) is 33.2 Å². The lowest BCUT2D eigenvalue weighted by atomic mass is 10.1. The average Bonchev–Trinajstić information content (AvgIpc) is 3.53. The van der Waals surface area contributed by atoms with E-state index in [4.69, 9.17) is 4.98 Å². The molecule has 35 heavy (non-hydrogen) atoms. The maximum atomic E-state index is 13.5. The van der Waals surface area contributed by atoms with Gasteiger partial charge in [-0.1, -0.05) is 30.3 Å². The molecule has 0 spiro atoms. The fourth-order valence-corrected chi connectivity index (χ4v) is 4.90. The van der Waals surface area contributed by atoms with Crippen LogP contribution in [0.1, 0.15) is 28.9 Å². The highest BCUT2D eigenvalue weighted by atomic mass is 32.1. The van der Waals surface area contributed by atoms with Crippen molar-refractivity contribution in [1.29, 1.82) is 0 Å². The van der Waals surface area contributed by atoms with Crippen molar-refractivity contribution in [1.82, 2.24) is 24.6 Å². The summed E-state index contributed by atoms with van der Waals surface area (Å²) >= 11 is 1.40. The number of hydrogen-bond donors (Lipinski definition) is 0.